The first kappa shape index (κ1) is 11.5. The summed E-state index contributed by atoms with van der Waals surface area (Å²) < 4.78 is 13.8. The molecule has 0 fully saturated rings. The largest absolute Gasteiger partial charge is 0.385 e. The van der Waals surface area contributed by atoms with Crippen molar-refractivity contribution in [2.45, 2.75) is 12.8 Å². The van der Waals surface area contributed by atoms with Gasteiger partial charge in [0.05, 0.1) is 0 Å². The zero-order valence-corrected chi connectivity index (χ0v) is 10.6. The first-order chi connectivity index (χ1) is 8.74. The quantitative estimate of drug-likeness (QED) is 0.797. The molecule has 3 heteroatoms. The monoisotopic (exact) mass is 261 g/mol. The number of hydrogen-bond acceptors (Lipinski definition) is 1. The summed E-state index contributed by atoms with van der Waals surface area (Å²) in [6.45, 7) is 0.981. The van der Waals surface area contributed by atoms with E-state index in [1.807, 2.05) is 12.1 Å². The summed E-state index contributed by atoms with van der Waals surface area (Å²) >= 11 is 5.93. The van der Waals surface area contributed by atoms with Gasteiger partial charge in [-0.3, -0.25) is 0 Å². The first-order valence-corrected chi connectivity index (χ1v) is 6.44. The Kier molecular flexibility index (Phi) is 2.96. The van der Waals surface area contributed by atoms with Gasteiger partial charge in [-0.2, -0.15) is 0 Å². The van der Waals surface area contributed by atoms with Gasteiger partial charge in [-0.05, 0) is 48.2 Å². The molecule has 1 N–H and O–H groups in total. The van der Waals surface area contributed by atoms with Gasteiger partial charge in [0.1, 0.15) is 5.82 Å². The number of aryl methyl sites for hydroxylation is 1. The van der Waals surface area contributed by atoms with Gasteiger partial charge in [0.25, 0.3) is 0 Å². The Bertz CT molecular complexity index is 595. The predicted octanol–water partition coefficient (Wildman–Crippen LogP) is 4.50. The number of halogens is 2. The minimum Gasteiger partial charge on any atom is -0.385 e. The fraction of sp³-hybridized carbons (Fsp3) is 0.200. The highest BCUT2D eigenvalue weighted by Gasteiger charge is 2.11. The molecule has 0 saturated carbocycles. The molecule has 0 radical (unpaired) electrons. The molecule has 0 atom stereocenters. The van der Waals surface area contributed by atoms with Crippen LogP contribution in [0.1, 0.15) is 12.0 Å². The van der Waals surface area contributed by atoms with Gasteiger partial charge in [-0.15, -0.1) is 0 Å². The second-order valence-corrected chi connectivity index (χ2v) is 4.96. The Morgan fingerprint density at radius 2 is 2.00 bits per heavy atom. The Morgan fingerprint density at radius 3 is 2.89 bits per heavy atom. The van der Waals surface area contributed by atoms with E-state index in [0.29, 0.717) is 10.6 Å². The van der Waals surface area contributed by atoms with E-state index in [-0.39, 0.29) is 5.82 Å². The second kappa shape index (κ2) is 4.62. The number of fused-ring (bicyclic) bond motifs is 1. The lowest BCUT2D eigenvalue weighted by molar-refractivity contribution is 0.631. The van der Waals surface area contributed by atoms with Crippen molar-refractivity contribution in [3.8, 4) is 11.1 Å². The summed E-state index contributed by atoms with van der Waals surface area (Å²) in [6, 6.07) is 10.7. The number of anilines is 1. The maximum atomic E-state index is 13.8. The summed E-state index contributed by atoms with van der Waals surface area (Å²) in [5, 5.41) is 3.90. The third kappa shape index (κ3) is 2.08. The molecule has 3 rings (SSSR count). The van der Waals surface area contributed by atoms with Gasteiger partial charge in [0.2, 0.25) is 0 Å². The first-order valence-electron chi connectivity index (χ1n) is 6.06. The van der Waals surface area contributed by atoms with Crippen LogP contribution < -0.4 is 5.32 Å². The van der Waals surface area contributed by atoms with Crippen molar-refractivity contribution in [2.75, 3.05) is 11.9 Å². The Balaban J connectivity index is 2.09. The van der Waals surface area contributed by atoms with Crippen LogP contribution >= 0.6 is 11.6 Å². The van der Waals surface area contributed by atoms with Crippen molar-refractivity contribution < 1.29 is 4.39 Å². The lowest BCUT2D eigenvalue weighted by atomic mass is 9.98. The number of benzene rings is 2. The summed E-state index contributed by atoms with van der Waals surface area (Å²) in [6.07, 6.45) is 2.23. The van der Waals surface area contributed by atoms with E-state index >= 15 is 0 Å². The van der Waals surface area contributed by atoms with Crippen LogP contribution in [0.5, 0.6) is 0 Å². The maximum absolute atomic E-state index is 13.8. The molecule has 1 nitrogen and oxygen atoms in total. The molecule has 0 bridgehead atoms. The maximum Gasteiger partial charge on any atom is 0.131 e. The van der Waals surface area contributed by atoms with Crippen molar-refractivity contribution in [2.24, 2.45) is 0 Å². The average Bonchev–Trinajstić information content (AvgIpc) is 2.41. The van der Waals surface area contributed by atoms with Crippen molar-refractivity contribution in [1.29, 1.82) is 0 Å². The van der Waals surface area contributed by atoms with Gasteiger partial charge in [-0.1, -0.05) is 23.7 Å². The van der Waals surface area contributed by atoms with E-state index in [1.165, 1.54) is 11.6 Å². The molecule has 0 saturated heterocycles. The molecule has 0 spiro atoms. The minimum absolute atomic E-state index is 0.241. The molecule has 1 aliphatic rings. The van der Waals surface area contributed by atoms with E-state index in [9.17, 15) is 4.39 Å². The van der Waals surface area contributed by atoms with E-state index in [0.717, 1.165) is 30.6 Å². The Morgan fingerprint density at radius 1 is 1.11 bits per heavy atom. The Labute approximate surface area is 111 Å². The minimum atomic E-state index is -0.241. The molecule has 0 unspecified atom stereocenters. The van der Waals surface area contributed by atoms with Crippen molar-refractivity contribution in [3.63, 3.8) is 0 Å². The second-order valence-electron chi connectivity index (χ2n) is 4.53. The fourth-order valence-corrected chi connectivity index (χ4v) is 2.52. The molecule has 2 aromatic carbocycles. The fourth-order valence-electron chi connectivity index (χ4n) is 2.35. The van der Waals surface area contributed by atoms with Crippen molar-refractivity contribution >= 4 is 17.3 Å². The molecule has 0 aliphatic carbocycles. The highest BCUT2D eigenvalue weighted by atomic mass is 35.5. The van der Waals surface area contributed by atoms with Gasteiger partial charge in [0, 0.05) is 22.8 Å². The van der Waals surface area contributed by atoms with Crippen LogP contribution in [0.25, 0.3) is 11.1 Å². The highest BCUT2D eigenvalue weighted by molar-refractivity contribution is 6.30. The third-order valence-electron chi connectivity index (χ3n) is 3.29. The molecule has 0 amide bonds. The molecule has 2 aromatic rings. The van der Waals surface area contributed by atoms with Crippen LogP contribution in [-0.2, 0) is 6.42 Å². The van der Waals surface area contributed by atoms with Crippen LogP contribution in [0.2, 0.25) is 5.02 Å². The smallest absolute Gasteiger partial charge is 0.131 e. The normalized spacial score (nSPS) is 13.9. The van der Waals surface area contributed by atoms with Crippen LogP contribution in [0, 0.1) is 5.82 Å². The summed E-state index contributed by atoms with van der Waals surface area (Å²) in [7, 11) is 0. The standard InChI is InChI=1S/C15H13ClFN/c16-12-5-6-14(17)13(9-12)11-4-3-10-2-1-7-18-15(10)8-11/h3-6,8-9,18H,1-2,7H2. The molecular weight excluding hydrogens is 249 g/mol. The van der Waals surface area contributed by atoms with Gasteiger partial charge < -0.3 is 5.32 Å². The molecular formula is C15H13ClFN. The van der Waals surface area contributed by atoms with Crippen LogP contribution in [0.4, 0.5) is 10.1 Å². The van der Waals surface area contributed by atoms with E-state index in [2.05, 4.69) is 11.4 Å². The molecule has 92 valence electrons. The van der Waals surface area contributed by atoms with E-state index in [4.69, 9.17) is 11.6 Å². The SMILES string of the molecule is Fc1ccc(Cl)cc1-c1ccc2c(c1)NCCC2. The van der Waals surface area contributed by atoms with Crippen LogP contribution in [-0.4, -0.2) is 6.54 Å². The molecule has 0 aromatic heterocycles. The van der Waals surface area contributed by atoms with Crippen molar-refractivity contribution in [3.05, 3.63) is 52.8 Å². The average molecular weight is 262 g/mol. The number of rotatable bonds is 1. The molecule has 18 heavy (non-hydrogen) atoms. The number of hydrogen-bond donors (Lipinski definition) is 1. The summed E-state index contributed by atoms with van der Waals surface area (Å²) in [5.41, 5.74) is 3.83. The van der Waals surface area contributed by atoms with Crippen molar-refractivity contribution in [1.82, 2.24) is 0 Å². The predicted molar refractivity (Wildman–Crippen MR) is 73.7 cm³/mol. The lowest BCUT2D eigenvalue weighted by Crippen LogP contribution is -2.11. The summed E-state index contributed by atoms with van der Waals surface area (Å²) in [5.74, 6) is -0.241. The van der Waals surface area contributed by atoms with Crippen LogP contribution in [0.15, 0.2) is 36.4 Å². The zero-order chi connectivity index (χ0) is 12.5. The highest BCUT2D eigenvalue weighted by Crippen LogP contribution is 2.31. The number of nitrogens with one attached hydrogen (secondary N) is 1. The lowest BCUT2D eigenvalue weighted by Gasteiger charge is -2.19. The molecule has 1 aliphatic heterocycles. The zero-order valence-electron chi connectivity index (χ0n) is 9.84. The van der Waals surface area contributed by atoms with Gasteiger partial charge in [-0.25, -0.2) is 4.39 Å². The topological polar surface area (TPSA) is 12.0 Å². The third-order valence-corrected chi connectivity index (χ3v) is 3.52. The van der Waals surface area contributed by atoms with E-state index in [1.54, 1.807) is 12.1 Å². The molecule has 1 heterocycles. The van der Waals surface area contributed by atoms with Gasteiger partial charge >= 0.3 is 0 Å². The Hall–Kier alpha value is -1.54. The van der Waals surface area contributed by atoms with Gasteiger partial charge in [0.15, 0.2) is 0 Å². The van der Waals surface area contributed by atoms with Crippen LogP contribution in [0.3, 0.4) is 0 Å². The summed E-state index contributed by atoms with van der Waals surface area (Å²) in [4.78, 5) is 0. The van der Waals surface area contributed by atoms with E-state index < -0.39 is 0 Å².